The van der Waals surface area contributed by atoms with Crippen molar-refractivity contribution in [1.82, 2.24) is 14.5 Å². The summed E-state index contributed by atoms with van der Waals surface area (Å²) in [6.45, 7) is 22.4. The van der Waals surface area contributed by atoms with Crippen molar-refractivity contribution in [1.29, 1.82) is 0 Å². The van der Waals surface area contributed by atoms with E-state index in [1.165, 1.54) is 49.7 Å². The van der Waals surface area contributed by atoms with E-state index in [1.807, 2.05) is 60.1 Å². The number of hydrogen-bond donors (Lipinski definition) is 1. The van der Waals surface area contributed by atoms with E-state index >= 15 is 0 Å². The third-order valence-corrected chi connectivity index (χ3v) is 5.62. The minimum atomic E-state index is 0.742. The maximum Gasteiger partial charge on any atom is 0.105 e. The molecule has 0 spiro atoms. The van der Waals surface area contributed by atoms with Gasteiger partial charge in [0.2, 0.25) is 0 Å². The lowest BCUT2D eigenvalue weighted by atomic mass is 9.86. The molecule has 1 aliphatic rings. The van der Waals surface area contributed by atoms with Gasteiger partial charge >= 0.3 is 0 Å². The molecule has 1 saturated carbocycles. The van der Waals surface area contributed by atoms with Crippen molar-refractivity contribution >= 4 is 12.0 Å². The topological polar surface area (TPSA) is 72.3 Å². The Labute approximate surface area is 222 Å². The molecule has 36 heavy (non-hydrogen) atoms. The van der Waals surface area contributed by atoms with E-state index in [-0.39, 0.29) is 0 Å². The van der Waals surface area contributed by atoms with E-state index in [0.717, 1.165) is 36.1 Å². The zero-order valence-electron chi connectivity index (χ0n) is 24.7. The van der Waals surface area contributed by atoms with Gasteiger partial charge in [0, 0.05) is 37.9 Å². The predicted molar refractivity (Wildman–Crippen MR) is 161 cm³/mol. The lowest BCUT2D eigenvalue weighted by Gasteiger charge is -2.25. The summed E-state index contributed by atoms with van der Waals surface area (Å²) in [5.41, 5.74) is 9.41. The second kappa shape index (κ2) is 22.6. The van der Waals surface area contributed by atoms with Crippen molar-refractivity contribution in [2.24, 2.45) is 16.6 Å². The highest BCUT2D eigenvalue weighted by molar-refractivity contribution is 5.55. The van der Waals surface area contributed by atoms with E-state index in [4.69, 9.17) is 10.7 Å². The predicted octanol–water partition coefficient (Wildman–Crippen LogP) is 7.52. The van der Waals surface area contributed by atoms with Crippen LogP contribution in [0.2, 0.25) is 0 Å². The molecule has 2 heterocycles. The molecule has 2 aromatic heterocycles. The van der Waals surface area contributed by atoms with Gasteiger partial charge in [0.15, 0.2) is 0 Å². The Morgan fingerprint density at radius 2 is 1.72 bits per heavy atom. The number of nitrogens with two attached hydrogens (primary N) is 1. The summed E-state index contributed by atoms with van der Waals surface area (Å²) in [5, 5.41) is 0. The van der Waals surface area contributed by atoms with Gasteiger partial charge in [-0.05, 0) is 44.7 Å². The van der Waals surface area contributed by atoms with Crippen LogP contribution >= 0.6 is 0 Å². The normalized spacial score (nSPS) is 12.4. The van der Waals surface area contributed by atoms with Gasteiger partial charge in [-0.3, -0.25) is 9.98 Å². The van der Waals surface area contributed by atoms with Crippen LogP contribution in [0, 0.1) is 19.8 Å². The van der Waals surface area contributed by atoms with Crippen molar-refractivity contribution in [2.45, 2.75) is 93.5 Å². The van der Waals surface area contributed by atoms with Crippen LogP contribution in [0.15, 0.2) is 54.6 Å². The second-order valence-corrected chi connectivity index (χ2v) is 8.21. The highest BCUT2D eigenvalue weighted by Gasteiger charge is 2.16. The third kappa shape index (κ3) is 13.9. The summed E-state index contributed by atoms with van der Waals surface area (Å²) in [5.74, 6) is 1.83. The summed E-state index contributed by atoms with van der Waals surface area (Å²) in [4.78, 5) is 14.6. The van der Waals surface area contributed by atoms with Gasteiger partial charge in [0.1, 0.15) is 5.82 Å². The molecule has 0 aromatic carbocycles. The number of aromatic nitrogens is 3. The average Bonchev–Trinajstić information content (AvgIpc) is 3.31. The van der Waals surface area contributed by atoms with Crippen LogP contribution in [0.3, 0.4) is 0 Å². The summed E-state index contributed by atoms with van der Waals surface area (Å²) < 4.78 is 2.11. The molecular weight excluding hydrogens is 444 g/mol. The van der Waals surface area contributed by atoms with E-state index < -0.39 is 0 Å². The first-order valence-electron chi connectivity index (χ1n) is 13.4. The number of hydrogen-bond acceptors (Lipinski definition) is 4. The number of pyridine rings is 1. The van der Waals surface area contributed by atoms with Crippen LogP contribution in [0.1, 0.15) is 83.8 Å². The number of nitrogens with zero attached hydrogens (tertiary/aromatic N) is 5. The average molecular weight is 499 g/mol. The van der Waals surface area contributed by atoms with Gasteiger partial charge in [-0.25, -0.2) is 4.98 Å². The molecular formula is C30H54N6. The van der Waals surface area contributed by atoms with Gasteiger partial charge in [-0.15, -0.1) is 6.58 Å². The largest absolute Gasteiger partial charge is 0.390 e. The number of aliphatic imine (C=N–C) groups is 1. The molecule has 2 N–H and O–H groups in total. The number of imidazole rings is 1. The Kier molecular flexibility index (Phi) is 22.1. The fourth-order valence-electron chi connectivity index (χ4n) is 3.80. The van der Waals surface area contributed by atoms with Crippen LogP contribution < -0.4 is 10.6 Å². The lowest BCUT2D eigenvalue weighted by Crippen LogP contribution is -2.21. The van der Waals surface area contributed by atoms with E-state index in [2.05, 4.69) is 52.6 Å². The standard InChI is InChI=1S/C21H30N4.C3H6.C2H6N2.2C2H6/c1-16-12-20(13-19-8-6-5-7-9-19)23-14-21(16)24(4)17(2)15-25-11-10-22-18(25)3;1-3-2;1-4-2-3;2*1-2/h10-12,14,19H,2,5-9,13,15H2,1,3-4H3;3H,1H2,2H3;2H,1H3,(H2,3,4);2*1-2H3. The van der Waals surface area contributed by atoms with Crippen molar-refractivity contribution < 1.29 is 0 Å². The van der Waals surface area contributed by atoms with Crippen LogP contribution in [0.4, 0.5) is 5.69 Å². The Morgan fingerprint density at radius 3 is 2.17 bits per heavy atom. The van der Waals surface area contributed by atoms with E-state index in [9.17, 15) is 0 Å². The van der Waals surface area contributed by atoms with E-state index in [0.29, 0.717) is 0 Å². The molecule has 3 rings (SSSR count). The smallest absolute Gasteiger partial charge is 0.105 e. The van der Waals surface area contributed by atoms with E-state index in [1.54, 1.807) is 13.1 Å². The van der Waals surface area contributed by atoms with Gasteiger partial charge in [-0.1, -0.05) is 72.5 Å². The molecule has 6 heteroatoms. The van der Waals surface area contributed by atoms with Crippen molar-refractivity contribution in [3.8, 4) is 0 Å². The third-order valence-electron chi connectivity index (χ3n) is 5.62. The van der Waals surface area contributed by atoms with Gasteiger partial charge in [0.05, 0.1) is 24.8 Å². The molecule has 6 nitrogen and oxygen atoms in total. The van der Waals surface area contributed by atoms with Gasteiger partial charge in [0.25, 0.3) is 0 Å². The summed E-state index contributed by atoms with van der Waals surface area (Å²) in [6.07, 6.45) is 16.9. The number of aryl methyl sites for hydroxylation is 2. The van der Waals surface area contributed by atoms with Crippen molar-refractivity contribution in [2.75, 3.05) is 19.0 Å². The zero-order chi connectivity index (χ0) is 27.9. The second-order valence-electron chi connectivity index (χ2n) is 8.21. The SMILES string of the molecule is C=C(Cn1ccnc1C)N(C)c1cnc(CC2CCCCC2)cc1C.C=CC.CC.CC.CN=CN. The Bertz CT molecular complexity index is 843. The fourth-order valence-corrected chi connectivity index (χ4v) is 3.80. The highest BCUT2D eigenvalue weighted by atomic mass is 15.2. The molecule has 204 valence electrons. The molecule has 0 amide bonds. The summed E-state index contributed by atoms with van der Waals surface area (Å²) in [6, 6.07) is 2.26. The number of rotatable bonds is 6. The molecule has 0 unspecified atom stereocenters. The first kappa shape index (κ1) is 35.3. The van der Waals surface area contributed by atoms with Crippen molar-refractivity contribution in [3.05, 3.63) is 66.7 Å². The molecule has 0 saturated heterocycles. The van der Waals surface area contributed by atoms with Crippen LogP contribution in [0.5, 0.6) is 0 Å². The first-order chi connectivity index (χ1) is 17.4. The van der Waals surface area contributed by atoms with Gasteiger partial charge in [-0.2, -0.15) is 0 Å². The molecule has 0 bridgehead atoms. The van der Waals surface area contributed by atoms with Crippen LogP contribution in [-0.4, -0.2) is 35.0 Å². The number of likely N-dealkylation sites (N-methyl/N-ethyl adjacent to an activating group) is 1. The van der Waals surface area contributed by atoms with Gasteiger partial charge < -0.3 is 15.2 Å². The molecule has 0 aliphatic heterocycles. The van der Waals surface area contributed by atoms with Crippen LogP contribution in [0.25, 0.3) is 0 Å². The van der Waals surface area contributed by atoms with Crippen molar-refractivity contribution in [3.63, 3.8) is 0 Å². The fraction of sp³-hybridized carbons (Fsp3) is 0.567. The number of allylic oxidation sites excluding steroid dienone is 2. The Balaban J connectivity index is 0. The monoisotopic (exact) mass is 498 g/mol. The maximum atomic E-state index is 4.75. The molecule has 0 atom stereocenters. The lowest BCUT2D eigenvalue weighted by molar-refractivity contribution is 0.354. The summed E-state index contributed by atoms with van der Waals surface area (Å²) in [7, 11) is 3.69. The molecule has 1 fully saturated rings. The summed E-state index contributed by atoms with van der Waals surface area (Å²) >= 11 is 0. The quantitative estimate of drug-likeness (QED) is 0.254. The highest BCUT2D eigenvalue weighted by Crippen LogP contribution is 2.28. The zero-order valence-corrected chi connectivity index (χ0v) is 24.7. The minimum Gasteiger partial charge on any atom is -0.390 e. The Hall–Kier alpha value is -2.89. The molecule has 1 aliphatic carbocycles. The first-order valence-corrected chi connectivity index (χ1v) is 13.4. The number of anilines is 1. The minimum absolute atomic E-state index is 0.742. The Morgan fingerprint density at radius 1 is 1.17 bits per heavy atom. The maximum absolute atomic E-state index is 4.75. The molecule has 0 radical (unpaired) electrons. The molecule has 2 aromatic rings. The van der Waals surface area contributed by atoms with Crippen LogP contribution in [-0.2, 0) is 13.0 Å².